The third kappa shape index (κ3) is 4.38. The molecule has 0 spiro atoms. The van der Waals surface area contributed by atoms with Crippen LogP contribution in [0.1, 0.15) is 45.6 Å². The molecule has 1 aromatic rings. The van der Waals surface area contributed by atoms with Gasteiger partial charge in [0.15, 0.2) is 11.5 Å². The summed E-state index contributed by atoms with van der Waals surface area (Å²) >= 11 is 3.60. The van der Waals surface area contributed by atoms with Gasteiger partial charge < -0.3 is 14.8 Å². The molecule has 1 unspecified atom stereocenters. The zero-order chi connectivity index (χ0) is 14.5. The fourth-order valence-corrected chi connectivity index (χ4v) is 2.78. The average molecular weight is 342 g/mol. The molecule has 0 amide bonds. The highest BCUT2D eigenvalue weighted by atomic mass is 79.9. The summed E-state index contributed by atoms with van der Waals surface area (Å²) in [5, 5.41) is 3.58. The Kier molecular flexibility index (Phi) is 5.73. The predicted molar refractivity (Wildman–Crippen MR) is 85.3 cm³/mol. The molecule has 1 heterocycles. The first-order valence-electron chi connectivity index (χ1n) is 7.37. The third-order valence-corrected chi connectivity index (χ3v) is 4.34. The molecule has 0 saturated carbocycles. The SMILES string of the molecule is CC(C)CCCC(C)NCc1cc2c(cc1Br)OCO2. The zero-order valence-corrected chi connectivity index (χ0v) is 14.1. The molecule has 112 valence electrons. The largest absolute Gasteiger partial charge is 0.454 e. The first kappa shape index (κ1) is 15.6. The number of fused-ring (bicyclic) bond motifs is 1. The van der Waals surface area contributed by atoms with E-state index >= 15 is 0 Å². The Morgan fingerprint density at radius 3 is 2.55 bits per heavy atom. The summed E-state index contributed by atoms with van der Waals surface area (Å²) in [6, 6.07) is 4.58. The van der Waals surface area contributed by atoms with Crippen molar-refractivity contribution < 1.29 is 9.47 Å². The number of hydrogen-bond donors (Lipinski definition) is 1. The second-order valence-corrected chi connectivity index (χ2v) is 6.76. The van der Waals surface area contributed by atoms with Gasteiger partial charge in [-0.2, -0.15) is 0 Å². The number of halogens is 1. The quantitative estimate of drug-likeness (QED) is 0.792. The van der Waals surface area contributed by atoms with Crippen LogP contribution in [0.3, 0.4) is 0 Å². The van der Waals surface area contributed by atoms with E-state index < -0.39 is 0 Å². The zero-order valence-electron chi connectivity index (χ0n) is 12.5. The second-order valence-electron chi connectivity index (χ2n) is 5.90. The van der Waals surface area contributed by atoms with Crippen LogP contribution < -0.4 is 14.8 Å². The van der Waals surface area contributed by atoms with E-state index in [2.05, 4.69) is 48.1 Å². The molecular weight excluding hydrogens is 318 g/mol. The van der Waals surface area contributed by atoms with E-state index in [4.69, 9.17) is 9.47 Å². The molecule has 0 aromatic heterocycles. The van der Waals surface area contributed by atoms with Crippen LogP contribution in [0.15, 0.2) is 16.6 Å². The lowest BCUT2D eigenvalue weighted by atomic mass is 10.0. The number of ether oxygens (including phenoxy) is 2. The van der Waals surface area contributed by atoms with Crippen molar-refractivity contribution in [2.75, 3.05) is 6.79 Å². The summed E-state index contributed by atoms with van der Waals surface area (Å²) in [6.45, 7) is 7.98. The van der Waals surface area contributed by atoms with Gasteiger partial charge in [0, 0.05) is 17.1 Å². The summed E-state index contributed by atoms with van der Waals surface area (Å²) < 4.78 is 11.9. The minimum Gasteiger partial charge on any atom is -0.454 e. The van der Waals surface area contributed by atoms with Crippen molar-refractivity contribution in [2.45, 2.75) is 52.6 Å². The standard InChI is InChI=1S/C16H24BrNO2/c1-11(2)5-4-6-12(3)18-9-13-7-15-16(8-14(13)17)20-10-19-15/h7-8,11-12,18H,4-6,9-10H2,1-3H3. The number of hydrogen-bond acceptors (Lipinski definition) is 3. The van der Waals surface area contributed by atoms with Crippen LogP contribution in [-0.2, 0) is 6.54 Å². The molecule has 0 radical (unpaired) electrons. The molecule has 3 nitrogen and oxygen atoms in total. The highest BCUT2D eigenvalue weighted by molar-refractivity contribution is 9.10. The van der Waals surface area contributed by atoms with Crippen LogP contribution in [0.4, 0.5) is 0 Å². The van der Waals surface area contributed by atoms with Gasteiger partial charge in [-0.05, 0) is 37.0 Å². The molecular formula is C16H24BrNO2. The molecule has 1 N–H and O–H groups in total. The lowest BCUT2D eigenvalue weighted by Gasteiger charge is -2.15. The monoisotopic (exact) mass is 341 g/mol. The van der Waals surface area contributed by atoms with Gasteiger partial charge in [-0.1, -0.05) is 42.6 Å². The Hall–Kier alpha value is -0.740. The van der Waals surface area contributed by atoms with E-state index in [0.717, 1.165) is 28.4 Å². The number of nitrogens with one attached hydrogen (secondary N) is 1. The fourth-order valence-electron chi connectivity index (χ4n) is 2.31. The molecule has 1 aliphatic rings. The van der Waals surface area contributed by atoms with Crippen LogP contribution >= 0.6 is 15.9 Å². The van der Waals surface area contributed by atoms with Crippen LogP contribution in [0.2, 0.25) is 0 Å². The van der Waals surface area contributed by atoms with Gasteiger partial charge in [0.2, 0.25) is 6.79 Å². The van der Waals surface area contributed by atoms with Gasteiger partial charge in [-0.15, -0.1) is 0 Å². The van der Waals surface area contributed by atoms with Gasteiger partial charge >= 0.3 is 0 Å². The Bertz CT molecular complexity index is 448. The summed E-state index contributed by atoms with van der Waals surface area (Å²) in [5.74, 6) is 2.47. The minimum atomic E-state index is 0.324. The summed E-state index contributed by atoms with van der Waals surface area (Å²) in [6.07, 6.45) is 3.81. The highest BCUT2D eigenvalue weighted by Gasteiger charge is 2.16. The van der Waals surface area contributed by atoms with Crippen molar-refractivity contribution in [2.24, 2.45) is 5.92 Å². The Balaban J connectivity index is 1.82. The van der Waals surface area contributed by atoms with Gasteiger partial charge in [0.1, 0.15) is 0 Å². The van der Waals surface area contributed by atoms with E-state index in [1.165, 1.54) is 24.8 Å². The van der Waals surface area contributed by atoms with E-state index in [1.54, 1.807) is 0 Å². The van der Waals surface area contributed by atoms with Gasteiger partial charge in [0.05, 0.1) is 0 Å². The fraction of sp³-hybridized carbons (Fsp3) is 0.625. The lowest BCUT2D eigenvalue weighted by molar-refractivity contribution is 0.174. The minimum absolute atomic E-state index is 0.324. The number of benzene rings is 1. The first-order valence-corrected chi connectivity index (χ1v) is 8.17. The van der Waals surface area contributed by atoms with Crippen molar-refractivity contribution in [3.05, 3.63) is 22.2 Å². The maximum Gasteiger partial charge on any atom is 0.231 e. The maximum absolute atomic E-state index is 5.42. The molecule has 0 saturated heterocycles. The molecule has 1 atom stereocenters. The summed E-state index contributed by atoms with van der Waals surface area (Å²) in [4.78, 5) is 0. The van der Waals surface area contributed by atoms with E-state index in [9.17, 15) is 0 Å². The molecule has 0 fully saturated rings. The van der Waals surface area contributed by atoms with Crippen molar-refractivity contribution in [1.82, 2.24) is 5.32 Å². The van der Waals surface area contributed by atoms with E-state index in [1.807, 2.05) is 6.07 Å². The second kappa shape index (κ2) is 7.32. The van der Waals surface area contributed by atoms with E-state index in [-0.39, 0.29) is 0 Å². The lowest BCUT2D eigenvalue weighted by Crippen LogP contribution is -2.25. The third-order valence-electron chi connectivity index (χ3n) is 3.60. The van der Waals surface area contributed by atoms with Crippen LogP contribution in [-0.4, -0.2) is 12.8 Å². The number of rotatable bonds is 7. The molecule has 1 aliphatic heterocycles. The molecule has 1 aromatic carbocycles. The van der Waals surface area contributed by atoms with E-state index in [0.29, 0.717) is 12.8 Å². The average Bonchev–Trinajstić information content (AvgIpc) is 2.82. The Morgan fingerprint density at radius 2 is 1.85 bits per heavy atom. The molecule has 0 aliphatic carbocycles. The van der Waals surface area contributed by atoms with Crippen molar-refractivity contribution >= 4 is 15.9 Å². The van der Waals surface area contributed by atoms with Crippen molar-refractivity contribution in [1.29, 1.82) is 0 Å². The Morgan fingerprint density at radius 1 is 1.15 bits per heavy atom. The van der Waals surface area contributed by atoms with Crippen molar-refractivity contribution in [3.8, 4) is 11.5 Å². The van der Waals surface area contributed by atoms with Gasteiger partial charge in [-0.3, -0.25) is 0 Å². The molecule has 0 bridgehead atoms. The first-order chi connectivity index (χ1) is 9.56. The van der Waals surface area contributed by atoms with Crippen LogP contribution in [0, 0.1) is 5.92 Å². The smallest absolute Gasteiger partial charge is 0.231 e. The molecule has 20 heavy (non-hydrogen) atoms. The highest BCUT2D eigenvalue weighted by Crippen LogP contribution is 2.36. The maximum atomic E-state index is 5.42. The van der Waals surface area contributed by atoms with Gasteiger partial charge in [-0.25, -0.2) is 0 Å². The van der Waals surface area contributed by atoms with Gasteiger partial charge in [0.25, 0.3) is 0 Å². The molecule has 4 heteroatoms. The van der Waals surface area contributed by atoms with Crippen LogP contribution in [0.5, 0.6) is 11.5 Å². The Labute approximate surface area is 130 Å². The topological polar surface area (TPSA) is 30.5 Å². The normalized spacial score (nSPS) is 14.8. The summed E-state index contributed by atoms with van der Waals surface area (Å²) in [5.41, 5.74) is 1.21. The van der Waals surface area contributed by atoms with Crippen molar-refractivity contribution in [3.63, 3.8) is 0 Å². The predicted octanol–water partition coefficient (Wildman–Crippen LogP) is 4.48. The van der Waals surface area contributed by atoms with Crippen LogP contribution in [0.25, 0.3) is 0 Å². The summed E-state index contributed by atoms with van der Waals surface area (Å²) in [7, 11) is 0. The molecule has 2 rings (SSSR count).